The van der Waals surface area contributed by atoms with E-state index in [9.17, 15) is 19.5 Å². The number of carbonyl (C=O) groups excluding carboxylic acids is 3. The Morgan fingerprint density at radius 1 is 1.43 bits per heavy atom. The molecule has 1 aliphatic rings. The van der Waals surface area contributed by atoms with Gasteiger partial charge in [-0.3, -0.25) is 4.79 Å². The van der Waals surface area contributed by atoms with E-state index in [1.54, 1.807) is 27.7 Å². The fraction of sp³-hybridized carbons (Fsp3) is 0.786. The molecule has 0 aromatic carbocycles. The summed E-state index contributed by atoms with van der Waals surface area (Å²) in [6, 6.07) is -1.05. The SMILES string of the molecule is CCC(O)C1C[C@@H](C(=O)OC)N(C(=O)OC(C)(C)C)C1=O. The van der Waals surface area contributed by atoms with Gasteiger partial charge in [-0.2, -0.15) is 0 Å². The van der Waals surface area contributed by atoms with Crippen molar-refractivity contribution in [1.29, 1.82) is 0 Å². The number of hydrogen-bond donors (Lipinski definition) is 1. The van der Waals surface area contributed by atoms with Crippen LogP contribution in [0.1, 0.15) is 40.5 Å². The first-order valence-electron chi connectivity index (χ1n) is 6.94. The molecule has 7 nitrogen and oxygen atoms in total. The Kier molecular flexibility index (Phi) is 5.33. The van der Waals surface area contributed by atoms with Crippen LogP contribution < -0.4 is 0 Å². The summed E-state index contributed by atoms with van der Waals surface area (Å²) < 4.78 is 9.79. The third kappa shape index (κ3) is 3.93. The van der Waals surface area contributed by atoms with E-state index in [0.717, 1.165) is 4.90 Å². The van der Waals surface area contributed by atoms with Crippen molar-refractivity contribution in [3.05, 3.63) is 0 Å². The number of rotatable bonds is 3. The Bertz CT molecular complexity index is 428. The second-order valence-electron chi connectivity index (χ2n) is 6.05. The molecule has 0 saturated carbocycles. The van der Waals surface area contributed by atoms with Gasteiger partial charge in [0.2, 0.25) is 5.91 Å². The maximum absolute atomic E-state index is 12.3. The molecule has 1 saturated heterocycles. The highest BCUT2D eigenvalue weighted by molar-refractivity contribution is 6.01. The molecule has 0 bridgehead atoms. The standard InChI is InChI=1S/C14H23NO6/c1-6-10(16)8-7-9(12(18)20-5)15(11(8)17)13(19)21-14(2,3)4/h8-10,16H,6-7H2,1-5H3/t8?,9-,10?/m0/s1. The van der Waals surface area contributed by atoms with Crippen LogP contribution in [0.25, 0.3) is 0 Å². The quantitative estimate of drug-likeness (QED) is 0.784. The highest BCUT2D eigenvalue weighted by atomic mass is 16.6. The summed E-state index contributed by atoms with van der Waals surface area (Å²) in [7, 11) is 1.18. The van der Waals surface area contributed by atoms with E-state index in [1.807, 2.05) is 0 Å². The number of aliphatic hydroxyl groups is 1. The second kappa shape index (κ2) is 6.43. The van der Waals surface area contributed by atoms with Crippen molar-refractivity contribution in [2.24, 2.45) is 5.92 Å². The lowest BCUT2D eigenvalue weighted by atomic mass is 9.97. The van der Waals surface area contributed by atoms with Gasteiger partial charge in [-0.1, -0.05) is 6.92 Å². The molecule has 1 N–H and O–H groups in total. The predicted molar refractivity (Wildman–Crippen MR) is 73.3 cm³/mol. The molecule has 2 amide bonds. The number of methoxy groups -OCH3 is 1. The van der Waals surface area contributed by atoms with Gasteiger partial charge in [0.05, 0.1) is 19.1 Å². The fourth-order valence-corrected chi connectivity index (χ4v) is 2.25. The zero-order valence-corrected chi connectivity index (χ0v) is 13.1. The zero-order chi connectivity index (χ0) is 16.4. The molecule has 2 unspecified atom stereocenters. The number of likely N-dealkylation sites (tertiary alicyclic amines) is 1. The van der Waals surface area contributed by atoms with Gasteiger partial charge in [-0.05, 0) is 33.6 Å². The lowest BCUT2D eigenvalue weighted by molar-refractivity contribution is -0.149. The molecule has 120 valence electrons. The van der Waals surface area contributed by atoms with Crippen molar-refractivity contribution in [2.75, 3.05) is 7.11 Å². The maximum Gasteiger partial charge on any atom is 0.417 e. The van der Waals surface area contributed by atoms with Crippen molar-refractivity contribution >= 4 is 18.0 Å². The Morgan fingerprint density at radius 2 is 2.00 bits per heavy atom. The van der Waals surface area contributed by atoms with Crippen LogP contribution in [0.2, 0.25) is 0 Å². The molecule has 1 fully saturated rings. The first-order chi connectivity index (χ1) is 9.62. The molecule has 21 heavy (non-hydrogen) atoms. The number of amides is 2. The third-order valence-corrected chi connectivity index (χ3v) is 3.29. The van der Waals surface area contributed by atoms with Crippen LogP contribution in [0.3, 0.4) is 0 Å². The maximum atomic E-state index is 12.3. The van der Waals surface area contributed by atoms with E-state index in [1.165, 1.54) is 7.11 Å². The van der Waals surface area contributed by atoms with E-state index in [2.05, 4.69) is 4.74 Å². The molecule has 0 aromatic rings. The fourth-order valence-electron chi connectivity index (χ4n) is 2.25. The molecule has 0 spiro atoms. The van der Waals surface area contributed by atoms with Gasteiger partial charge in [0.25, 0.3) is 0 Å². The molecule has 1 aliphatic heterocycles. The number of hydrogen-bond acceptors (Lipinski definition) is 6. The largest absolute Gasteiger partial charge is 0.467 e. The highest BCUT2D eigenvalue weighted by Crippen LogP contribution is 2.30. The van der Waals surface area contributed by atoms with Gasteiger partial charge in [-0.15, -0.1) is 0 Å². The molecule has 1 heterocycles. The normalized spacial score (nSPS) is 23.9. The Balaban J connectivity index is 3.03. The van der Waals surface area contributed by atoms with E-state index in [4.69, 9.17) is 4.74 Å². The summed E-state index contributed by atoms with van der Waals surface area (Å²) in [6.45, 7) is 6.71. The summed E-state index contributed by atoms with van der Waals surface area (Å²) in [4.78, 5) is 37.0. The van der Waals surface area contributed by atoms with E-state index >= 15 is 0 Å². The topological polar surface area (TPSA) is 93.1 Å². The number of nitrogens with zero attached hydrogens (tertiary/aromatic N) is 1. The van der Waals surface area contributed by atoms with Gasteiger partial charge < -0.3 is 14.6 Å². The lowest BCUT2D eigenvalue weighted by Gasteiger charge is -2.26. The van der Waals surface area contributed by atoms with Crippen molar-refractivity contribution in [2.45, 2.75) is 58.3 Å². The average molecular weight is 301 g/mol. The van der Waals surface area contributed by atoms with Crippen LogP contribution in [-0.2, 0) is 19.1 Å². The van der Waals surface area contributed by atoms with E-state index in [0.29, 0.717) is 6.42 Å². The molecular formula is C14H23NO6. The zero-order valence-electron chi connectivity index (χ0n) is 13.1. The van der Waals surface area contributed by atoms with Crippen molar-refractivity contribution in [3.63, 3.8) is 0 Å². The van der Waals surface area contributed by atoms with Crippen LogP contribution in [0.5, 0.6) is 0 Å². The monoisotopic (exact) mass is 301 g/mol. The summed E-state index contributed by atoms with van der Waals surface area (Å²) in [6.07, 6.45) is -1.41. The first kappa shape index (κ1) is 17.4. The summed E-state index contributed by atoms with van der Waals surface area (Å²) in [5.41, 5.74) is -0.792. The van der Waals surface area contributed by atoms with Gasteiger partial charge in [0.15, 0.2) is 0 Å². The minimum atomic E-state index is -1.05. The van der Waals surface area contributed by atoms with Gasteiger partial charge in [0.1, 0.15) is 11.6 Å². The Labute approximate surface area is 124 Å². The van der Waals surface area contributed by atoms with Crippen LogP contribution in [-0.4, -0.2) is 52.8 Å². The molecule has 7 heteroatoms. The summed E-state index contributed by atoms with van der Waals surface area (Å²) in [5.74, 6) is -2.10. The number of ether oxygens (including phenoxy) is 2. The van der Waals surface area contributed by atoms with Gasteiger partial charge in [0, 0.05) is 0 Å². The highest BCUT2D eigenvalue weighted by Gasteiger charge is 2.50. The van der Waals surface area contributed by atoms with Crippen LogP contribution in [0, 0.1) is 5.92 Å². The van der Waals surface area contributed by atoms with Crippen LogP contribution in [0.15, 0.2) is 0 Å². The minimum absolute atomic E-state index is 0.0414. The minimum Gasteiger partial charge on any atom is -0.467 e. The molecule has 0 aliphatic carbocycles. The molecule has 0 radical (unpaired) electrons. The average Bonchev–Trinajstić information content (AvgIpc) is 2.72. The van der Waals surface area contributed by atoms with Crippen molar-refractivity contribution in [3.8, 4) is 0 Å². The molecule has 1 rings (SSSR count). The lowest BCUT2D eigenvalue weighted by Crippen LogP contribution is -2.46. The molecule has 3 atom stereocenters. The van der Waals surface area contributed by atoms with Crippen LogP contribution >= 0.6 is 0 Å². The number of carbonyl (C=O) groups is 3. The van der Waals surface area contributed by atoms with Crippen molar-refractivity contribution < 1.29 is 29.0 Å². The molecule has 0 aromatic heterocycles. The van der Waals surface area contributed by atoms with E-state index < -0.39 is 41.6 Å². The Hall–Kier alpha value is -1.63. The Morgan fingerprint density at radius 3 is 2.43 bits per heavy atom. The smallest absolute Gasteiger partial charge is 0.417 e. The van der Waals surface area contributed by atoms with E-state index in [-0.39, 0.29) is 6.42 Å². The predicted octanol–water partition coefficient (Wildman–Crippen LogP) is 1.08. The van der Waals surface area contributed by atoms with Crippen LogP contribution in [0.4, 0.5) is 4.79 Å². The number of esters is 1. The second-order valence-corrected chi connectivity index (χ2v) is 6.05. The molecular weight excluding hydrogens is 278 g/mol. The van der Waals surface area contributed by atoms with Crippen molar-refractivity contribution in [1.82, 2.24) is 4.90 Å². The summed E-state index contributed by atoms with van der Waals surface area (Å²) >= 11 is 0. The first-order valence-corrected chi connectivity index (χ1v) is 6.94. The number of aliphatic hydroxyl groups excluding tert-OH is 1. The van der Waals surface area contributed by atoms with Gasteiger partial charge >= 0.3 is 12.1 Å². The third-order valence-electron chi connectivity index (χ3n) is 3.29. The summed E-state index contributed by atoms with van der Waals surface area (Å²) in [5, 5.41) is 9.88. The van der Waals surface area contributed by atoms with Gasteiger partial charge in [-0.25, -0.2) is 14.5 Å². The number of imide groups is 1.